The molecular weight excluding hydrogens is 1230 g/mol. The van der Waals surface area contributed by atoms with Gasteiger partial charge in [0.1, 0.15) is 23.7 Å². The molecule has 4 N–H and O–H groups in total. The van der Waals surface area contributed by atoms with Crippen LogP contribution < -0.4 is 20.4 Å². The van der Waals surface area contributed by atoms with E-state index in [1.54, 1.807) is 46.5 Å². The minimum atomic E-state index is -0.915. The van der Waals surface area contributed by atoms with Crippen LogP contribution >= 0.6 is 45.9 Å². The number of nitrogens with zero attached hydrogens (tertiary/aromatic N) is 10. The van der Waals surface area contributed by atoms with Gasteiger partial charge in [-0.15, -0.1) is 22.7 Å². The van der Waals surface area contributed by atoms with Gasteiger partial charge in [-0.3, -0.25) is 39.2 Å². The number of carboxylic acid groups (broad SMARTS) is 2. The van der Waals surface area contributed by atoms with Crippen molar-refractivity contribution in [2.24, 2.45) is 9.98 Å². The Bertz CT molecular complexity index is 3840. The number of aliphatic carboxylic acids is 2. The molecule has 89 heavy (non-hydrogen) atoms. The van der Waals surface area contributed by atoms with E-state index in [9.17, 15) is 37.5 Å². The first-order chi connectivity index (χ1) is 42.9. The van der Waals surface area contributed by atoms with Crippen LogP contribution in [0.25, 0.3) is 0 Å². The first kappa shape index (κ1) is 62.0. The van der Waals surface area contributed by atoms with E-state index in [1.807, 2.05) is 44.8 Å². The molecule has 6 aromatic rings. The number of urea groups is 2. The number of esters is 2. The Kier molecular flexibility index (Phi) is 18.8. The number of aromatic nitrogens is 2. The molecular formula is C61H58Cl2F2N12O10S2. The highest BCUT2D eigenvalue weighted by molar-refractivity contribution is 7.12. The second-order valence-electron chi connectivity index (χ2n) is 21.5. The minimum Gasteiger partial charge on any atom is -0.481 e. The third-order valence-electron chi connectivity index (χ3n) is 16.0. The van der Waals surface area contributed by atoms with E-state index < -0.39 is 47.6 Å². The Morgan fingerprint density at radius 1 is 0.607 bits per heavy atom. The second-order valence-corrected chi connectivity index (χ2v) is 24.1. The number of nitrogens with one attached hydrogen (secondary N) is 2. The Hall–Kier alpha value is -8.66. The van der Waals surface area contributed by atoms with Crippen molar-refractivity contribution in [3.63, 3.8) is 0 Å². The monoisotopic (exact) mass is 1290 g/mol. The molecule has 4 saturated heterocycles. The molecule has 2 aromatic heterocycles. The highest BCUT2D eigenvalue weighted by Gasteiger charge is 2.45. The number of methoxy groups -OCH3 is 2. The van der Waals surface area contributed by atoms with Crippen LogP contribution in [-0.2, 0) is 41.5 Å². The fourth-order valence-corrected chi connectivity index (χ4v) is 13.4. The molecule has 4 aromatic carbocycles. The third kappa shape index (κ3) is 13.7. The van der Waals surface area contributed by atoms with Crippen LogP contribution in [0.1, 0.15) is 50.8 Å². The number of hydrogen-bond donors (Lipinski definition) is 4. The van der Waals surface area contributed by atoms with Crippen molar-refractivity contribution in [1.82, 2.24) is 40.2 Å². The van der Waals surface area contributed by atoms with Crippen LogP contribution in [-0.4, -0.2) is 179 Å². The van der Waals surface area contributed by atoms with Crippen molar-refractivity contribution < 1.29 is 57.2 Å². The average molecular weight is 1290 g/mol. The number of rotatable bonds is 17. The number of anilines is 2. The maximum absolute atomic E-state index is 14.0. The van der Waals surface area contributed by atoms with Gasteiger partial charge in [-0.1, -0.05) is 59.6 Å². The first-order valence-corrected chi connectivity index (χ1v) is 30.7. The van der Waals surface area contributed by atoms with Gasteiger partial charge in [0.05, 0.1) is 43.9 Å². The zero-order valence-corrected chi connectivity index (χ0v) is 51.0. The van der Waals surface area contributed by atoms with Crippen molar-refractivity contribution in [3.05, 3.63) is 185 Å². The largest absolute Gasteiger partial charge is 0.481 e. The van der Waals surface area contributed by atoms with E-state index in [1.165, 1.54) is 73.3 Å². The molecule has 12 rings (SSSR count). The predicted molar refractivity (Wildman–Crippen MR) is 329 cm³/mol. The van der Waals surface area contributed by atoms with Gasteiger partial charge < -0.3 is 40.1 Å². The normalized spacial score (nSPS) is 20.2. The smallest absolute Gasteiger partial charge is 0.338 e. The third-order valence-corrected chi connectivity index (χ3v) is 18.2. The summed E-state index contributed by atoms with van der Waals surface area (Å²) in [6, 6.07) is 20.3. The topological polar surface area (TPSA) is 255 Å². The van der Waals surface area contributed by atoms with Crippen LogP contribution in [0.2, 0.25) is 10.0 Å². The standard InChI is InChI=1S/C31H30ClFN6O5S.C30H28ClFN6O5S/c1-44-30(42)26-24(35-28(29-34-10-13-45-29)36-27(26)22-8-5-19(33)14-23(22)32)17-37-11-12-38-21(15-37)16-39(31(38)43)20-6-2-18(3-7-20)4-9-25(40)41;1-43-29(41)25-23(34-27(28-33-8-11-44-28)35-26(25)21-7-4-18(32)13-22(21)31)16-36-9-10-37-20(14-36)15-38(30(37)42)19-5-2-17(3-6-19)12-24(39)40/h2-3,5-8,10,13-14,21,27H,4,9,11-12,15-17H2,1H3,(H,35,36)(H,40,41);2-8,11,13,20,26H,9-10,12,14-16H2,1H3,(H,34,35)(H,39,40)/t21-,27-;20-,26-/m00/s1. The number of ether oxygens (including phenoxy) is 2. The lowest BCUT2D eigenvalue weighted by Crippen LogP contribution is -2.53. The maximum Gasteiger partial charge on any atom is 0.338 e. The molecule has 0 radical (unpaired) electrons. The average Bonchev–Trinajstić information content (AvgIpc) is 1.80. The van der Waals surface area contributed by atoms with Gasteiger partial charge in [0.15, 0.2) is 21.7 Å². The van der Waals surface area contributed by atoms with E-state index in [-0.39, 0.29) is 58.2 Å². The summed E-state index contributed by atoms with van der Waals surface area (Å²) in [5.41, 5.74) is 5.59. The molecule has 0 bridgehead atoms. The second kappa shape index (κ2) is 27.0. The molecule has 0 aliphatic carbocycles. The molecule has 4 atom stereocenters. The summed E-state index contributed by atoms with van der Waals surface area (Å²) in [6.45, 7) is 4.82. The summed E-state index contributed by atoms with van der Waals surface area (Å²) in [6.07, 6.45) is 3.71. The van der Waals surface area contributed by atoms with Gasteiger partial charge in [0.2, 0.25) is 0 Å². The number of carbonyl (C=O) groups excluding carboxylic acids is 4. The van der Waals surface area contributed by atoms with Crippen LogP contribution in [0.3, 0.4) is 0 Å². The number of benzene rings is 4. The summed E-state index contributed by atoms with van der Waals surface area (Å²) in [5, 5.41) is 29.8. The molecule has 462 valence electrons. The molecule has 0 saturated carbocycles. The van der Waals surface area contributed by atoms with Crippen molar-refractivity contribution in [2.75, 3.05) is 89.5 Å². The number of amides is 4. The van der Waals surface area contributed by atoms with E-state index in [4.69, 9.17) is 52.9 Å². The number of halogens is 4. The van der Waals surface area contributed by atoms with Crippen molar-refractivity contribution in [2.45, 2.75) is 43.4 Å². The summed E-state index contributed by atoms with van der Waals surface area (Å²) in [7, 11) is 2.59. The number of aliphatic imine (C=N–C) groups is 2. The van der Waals surface area contributed by atoms with E-state index in [0.717, 1.165) is 11.3 Å². The lowest BCUT2D eigenvalue weighted by Gasteiger charge is -2.38. The molecule has 0 unspecified atom stereocenters. The fraction of sp³-hybridized carbons (Fsp3) is 0.311. The summed E-state index contributed by atoms with van der Waals surface area (Å²) in [4.78, 5) is 105. The van der Waals surface area contributed by atoms with Gasteiger partial charge in [-0.25, -0.2) is 37.9 Å². The molecule has 8 heterocycles. The molecule has 6 aliphatic rings. The predicted octanol–water partition coefficient (Wildman–Crippen LogP) is 7.80. The first-order valence-electron chi connectivity index (χ1n) is 28.2. The number of fused-ring (bicyclic) bond motifs is 2. The number of aryl methyl sites for hydroxylation is 1. The molecule has 0 spiro atoms. The molecule has 4 fully saturated rings. The Morgan fingerprint density at radius 3 is 1.43 bits per heavy atom. The van der Waals surface area contributed by atoms with Gasteiger partial charge in [0, 0.05) is 139 Å². The van der Waals surface area contributed by atoms with Crippen molar-refractivity contribution >= 4 is 105 Å². The minimum absolute atomic E-state index is 0.0472. The van der Waals surface area contributed by atoms with Gasteiger partial charge in [0.25, 0.3) is 0 Å². The maximum atomic E-state index is 14.0. The van der Waals surface area contributed by atoms with E-state index >= 15 is 0 Å². The fourth-order valence-electron chi connectivity index (χ4n) is 11.7. The zero-order valence-electron chi connectivity index (χ0n) is 47.9. The quantitative estimate of drug-likeness (QED) is 0.0635. The summed E-state index contributed by atoms with van der Waals surface area (Å²) < 4.78 is 38.3. The van der Waals surface area contributed by atoms with Crippen LogP contribution in [0.4, 0.5) is 29.7 Å². The van der Waals surface area contributed by atoms with Crippen molar-refractivity contribution in [3.8, 4) is 0 Å². The lowest BCUT2D eigenvalue weighted by molar-refractivity contribution is -0.137. The van der Waals surface area contributed by atoms with Gasteiger partial charge >= 0.3 is 35.9 Å². The SMILES string of the molecule is COC(=O)C1=C(CN2CCN3C(=O)N(c4ccc(CC(=O)O)cc4)C[C@@H]3C2)NC(c2nccs2)=N[C@H]1c1ccc(F)cc1Cl.COC(=O)C1=C(CN2CCN3C(=O)N(c4ccc(CCC(=O)O)cc4)C[C@@H]3C2)NC(c2nccs2)=N[C@H]1c1ccc(F)cc1Cl. The summed E-state index contributed by atoms with van der Waals surface area (Å²) >= 11 is 15.7. The number of thiazole rings is 2. The summed E-state index contributed by atoms with van der Waals surface area (Å²) in [5.74, 6) is -3.03. The molecule has 6 aliphatic heterocycles. The van der Waals surface area contributed by atoms with Crippen LogP contribution in [0, 0.1) is 11.6 Å². The highest BCUT2D eigenvalue weighted by Crippen LogP contribution is 2.40. The van der Waals surface area contributed by atoms with E-state index in [2.05, 4.69) is 30.4 Å². The number of amidine groups is 2. The van der Waals surface area contributed by atoms with Crippen LogP contribution in [0.5, 0.6) is 0 Å². The van der Waals surface area contributed by atoms with Gasteiger partial charge in [-0.2, -0.15) is 0 Å². The number of carboxylic acids is 2. The number of piperazine rings is 2. The Balaban J connectivity index is 0.000000184. The Labute approximate surface area is 527 Å². The number of carbonyl (C=O) groups is 6. The van der Waals surface area contributed by atoms with E-state index in [0.29, 0.717) is 127 Å². The van der Waals surface area contributed by atoms with Crippen LogP contribution in [0.15, 0.2) is 141 Å². The number of hydrogen-bond acceptors (Lipinski definition) is 18. The van der Waals surface area contributed by atoms with Crippen molar-refractivity contribution in [1.29, 1.82) is 0 Å². The zero-order chi connectivity index (χ0) is 62.6. The Morgan fingerprint density at radius 2 is 1.04 bits per heavy atom. The highest BCUT2D eigenvalue weighted by atomic mass is 35.5. The molecule has 22 nitrogen and oxygen atoms in total. The lowest BCUT2D eigenvalue weighted by atomic mass is 9.95. The molecule has 28 heteroatoms. The van der Waals surface area contributed by atoms with Gasteiger partial charge in [-0.05, 0) is 66.1 Å². The molecule has 4 amide bonds.